The first kappa shape index (κ1) is 23.8. The van der Waals surface area contributed by atoms with E-state index in [1.807, 2.05) is 6.07 Å². The standard InChI is InChI=1S/C25H17Cl2N5O3S/c1-34-22-8-6-17(13-18(22)27)32-30-19-7-5-16(12-20(19)31-32)28-25(36)29-24(33)23-10-9-21(35-23)14-3-2-4-15(26)11-14/h2-13H,1H3,(H2,28,29,33,36). The molecule has 36 heavy (non-hydrogen) atoms. The maximum atomic E-state index is 12.6. The molecule has 0 saturated carbocycles. The second kappa shape index (κ2) is 9.98. The molecule has 8 nitrogen and oxygen atoms in total. The Balaban J connectivity index is 1.27. The molecule has 11 heteroatoms. The van der Waals surface area contributed by atoms with Gasteiger partial charge in [0.15, 0.2) is 10.9 Å². The summed E-state index contributed by atoms with van der Waals surface area (Å²) in [7, 11) is 1.55. The molecule has 5 rings (SSSR count). The van der Waals surface area contributed by atoms with E-state index >= 15 is 0 Å². The third-order valence-corrected chi connectivity index (χ3v) is 5.91. The number of halogens is 2. The molecular formula is C25H17Cl2N5O3S. The smallest absolute Gasteiger partial charge is 0.293 e. The summed E-state index contributed by atoms with van der Waals surface area (Å²) in [4.78, 5) is 14.1. The van der Waals surface area contributed by atoms with Gasteiger partial charge in [-0.05, 0) is 72.9 Å². The maximum Gasteiger partial charge on any atom is 0.293 e. The van der Waals surface area contributed by atoms with Crippen LogP contribution in [-0.2, 0) is 0 Å². The molecule has 0 spiro atoms. The van der Waals surface area contributed by atoms with Gasteiger partial charge in [0.25, 0.3) is 5.91 Å². The molecule has 0 bridgehead atoms. The number of carbonyl (C=O) groups is 1. The minimum absolute atomic E-state index is 0.106. The van der Waals surface area contributed by atoms with E-state index in [1.165, 1.54) is 4.80 Å². The van der Waals surface area contributed by atoms with E-state index in [1.54, 1.807) is 73.8 Å². The Morgan fingerprint density at radius 2 is 1.83 bits per heavy atom. The van der Waals surface area contributed by atoms with Crippen molar-refractivity contribution in [2.24, 2.45) is 0 Å². The monoisotopic (exact) mass is 537 g/mol. The maximum absolute atomic E-state index is 12.6. The average Bonchev–Trinajstić information content (AvgIpc) is 3.51. The summed E-state index contributed by atoms with van der Waals surface area (Å²) in [6.07, 6.45) is 0. The van der Waals surface area contributed by atoms with Crippen molar-refractivity contribution in [3.05, 3.63) is 88.6 Å². The Bertz CT molecular complexity index is 1610. The van der Waals surface area contributed by atoms with E-state index in [2.05, 4.69) is 20.8 Å². The highest BCUT2D eigenvalue weighted by Gasteiger charge is 2.15. The summed E-state index contributed by atoms with van der Waals surface area (Å²) >= 11 is 17.6. The van der Waals surface area contributed by atoms with Crippen LogP contribution in [0.25, 0.3) is 28.0 Å². The van der Waals surface area contributed by atoms with E-state index in [9.17, 15) is 4.79 Å². The zero-order valence-electron chi connectivity index (χ0n) is 18.7. The predicted octanol–water partition coefficient (Wildman–Crippen LogP) is 6.12. The Morgan fingerprint density at radius 1 is 1.00 bits per heavy atom. The fraction of sp³-hybridized carbons (Fsp3) is 0.0400. The number of thiocarbonyl (C=S) groups is 1. The van der Waals surface area contributed by atoms with Gasteiger partial charge in [0.05, 0.1) is 17.8 Å². The number of nitrogens with one attached hydrogen (secondary N) is 2. The molecule has 0 atom stereocenters. The molecule has 0 unspecified atom stereocenters. The van der Waals surface area contributed by atoms with Crippen LogP contribution in [0.4, 0.5) is 5.69 Å². The molecular weight excluding hydrogens is 521 g/mol. The van der Waals surface area contributed by atoms with Gasteiger partial charge < -0.3 is 14.5 Å². The van der Waals surface area contributed by atoms with Crippen LogP contribution in [-0.4, -0.2) is 33.1 Å². The molecule has 0 aliphatic rings. The molecule has 1 amide bonds. The van der Waals surface area contributed by atoms with Crippen LogP contribution in [0.3, 0.4) is 0 Å². The van der Waals surface area contributed by atoms with Gasteiger partial charge in [-0.15, -0.1) is 10.2 Å². The number of rotatable bonds is 5. The van der Waals surface area contributed by atoms with Crippen LogP contribution in [0, 0.1) is 0 Å². The number of methoxy groups -OCH3 is 1. The number of carbonyl (C=O) groups excluding carboxylic acids is 1. The normalized spacial score (nSPS) is 10.9. The molecule has 2 N–H and O–H groups in total. The van der Waals surface area contributed by atoms with Gasteiger partial charge in [-0.2, -0.15) is 4.80 Å². The zero-order chi connectivity index (χ0) is 25.2. The molecule has 2 heterocycles. The van der Waals surface area contributed by atoms with Crippen LogP contribution >= 0.6 is 35.4 Å². The highest BCUT2D eigenvalue weighted by Crippen LogP contribution is 2.27. The second-order valence-electron chi connectivity index (χ2n) is 7.59. The van der Waals surface area contributed by atoms with Crippen molar-refractivity contribution in [1.29, 1.82) is 0 Å². The number of anilines is 1. The van der Waals surface area contributed by atoms with Gasteiger partial charge in [-0.25, -0.2) is 0 Å². The largest absolute Gasteiger partial charge is 0.495 e. The minimum atomic E-state index is -0.482. The number of fused-ring (bicyclic) bond motifs is 1. The molecule has 180 valence electrons. The summed E-state index contributed by atoms with van der Waals surface area (Å²) in [6.45, 7) is 0. The van der Waals surface area contributed by atoms with Crippen LogP contribution in [0.1, 0.15) is 10.6 Å². The van der Waals surface area contributed by atoms with Crippen molar-refractivity contribution in [3.63, 3.8) is 0 Å². The molecule has 0 saturated heterocycles. The fourth-order valence-corrected chi connectivity index (χ4v) is 4.12. The summed E-state index contributed by atoms with van der Waals surface area (Å²) < 4.78 is 10.9. The van der Waals surface area contributed by atoms with Crippen molar-refractivity contribution >= 4 is 63.2 Å². The molecule has 0 radical (unpaired) electrons. The first-order valence-electron chi connectivity index (χ1n) is 10.6. The number of benzene rings is 3. The van der Waals surface area contributed by atoms with E-state index in [4.69, 9.17) is 44.6 Å². The van der Waals surface area contributed by atoms with Crippen LogP contribution in [0.5, 0.6) is 5.75 Å². The third kappa shape index (κ3) is 5.03. The van der Waals surface area contributed by atoms with Gasteiger partial charge in [-0.3, -0.25) is 10.1 Å². The lowest BCUT2D eigenvalue weighted by atomic mass is 10.2. The number of nitrogens with zero attached hydrogens (tertiary/aromatic N) is 3. The van der Waals surface area contributed by atoms with Crippen LogP contribution in [0.15, 0.2) is 77.2 Å². The lowest BCUT2D eigenvalue weighted by molar-refractivity contribution is 0.0951. The van der Waals surface area contributed by atoms with Crippen LogP contribution in [0.2, 0.25) is 10.0 Å². The van der Waals surface area contributed by atoms with Gasteiger partial charge >= 0.3 is 0 Å². The first-order valence-corrected chi connectivity index (χ1v) is 11.7. The van der Waals surface area contributed by atoms with Crippen LogP contribution < -0.4 is 15.4 Å². The lowest BCUT2D eigenvalue weighted by Gasteiger charge is -2.08. The number of ether oxygens (including phenoxy) is 1. The summed E-state index contributed by atoms with van der Waals surface area (Å²) in [6, 6.07) is 21.1. The molecule has 5 aromatic rings. The third-order valence-electron chi connectivity index (χ3n) is 5.17. The number of aromatic nitrogens is 3. The van der Waals surface area contributed by atoms with Gasteiger partial charge in [0.2, 0.25) is 0 Å². The van der Waals surface area contributed by atoms with Gasteiger partial charge in [0, 0.05) is 16.3 Å². The van der Waals surface area contributed by atoms with Crippen molar-refractivity contribution in [3.8, 4) is 22.8 Å². The fourth-order valence-electron chi connectivity index (χ4n) is 3.47. The Kier molecular flexibility index (Phi) is 6.60. The van der Waals surface area contributed by atoms with Crippen molar-refractivity contribution in [2.75, 3.05) is 12.4 Å². The second-order valence-corrected chi connectivity index (χ2v) is 8.85. The number of hydrogen-bond donors (Lipinski definition) is 2. The molecule has 0 aliphatic heterocycles. The highest BCUT2D eigenvalue weighted by molar-refractivity contribution is 7.80. The Labute approximate surface area is 220 Å². The first-order chi connectivity index (χ1) is 17.4. The minimum Gasteiger partial charge on any atom is -0.495 e. The van der Waals surface area contributed by atoms with E-state index in [-0.39, 0.29) is 10.9 Å². The summed E-state index contributed by atoms with van der Waals surface area (Å²) in [5.41, 5.74) is 3.38. The molecule has 2 aromatic heterocycles. The average molecular weight is 538 g/mol. The van der Waals surface area contributed by atoms with Crippen molar-refractivity contribution in [2.45, 2.75) is 0 Å². The lowest BCUT2D eigenvalue weighted by Crippen LogP contribution is -2.33. The predicted molar refractivity (Wildman–Crippen MR) is 143 cm³/mol. The topological polar surface area (TPSA) is 94.2 Å². The van der Waals surface area contributed by atoms with E-state index < -0.39 is 5.91 Å². The number of hydrogen-bond acceptors (Lipinski definition) is 6. The molecule has 0 fully saturated rings. The molecule has 3 aromatic carbocycles. The Hall–Kier alpha value is -3.92. The SMILES string of the molecule is COc1ccc(-n2nc3ccc(NC(=S)NC(=O)c4ccc(-c5cccc(Cl)c5)o4)cc3n2)cc1Cl. The van der Waals surface area contributed by atoms with E-state index in [0.717, 1.165) is 5.56 Å². The summed E-state index contributed by atoms with van der Waals surface area (Å²) in [5.74, 6) is 0.720. The number of amides is 1. The molecule has 0 aliphatic carbocycles. The van der Waals surface area contributed by atoms with E-state index in [0.29, 0.717) is 44.0 Å². The van der Waals surface area contributed by atoms with Crippen molar-refractivity contribution < 1.29 is 13.9 Å². The quantitative estimate of drug-likeness (QED) is 0.260. The van der Waals surface area contributed by atoms with Gasteiger partial charge in [-0.1, -0.05) is 35.3 Å². The summed E-state index contributed by atoms with van der Waals surface area (Å²) in [5, 5.41) is 15.7. The Morgan fingerprint density at radius 3 is 2.61 bits per heavy atom. The highest BCUT2D eigenvalue weighted by atomic mass is 35.5. The zero-order valence-corrected chi connectivity index (χ0v) is 21.0. The van der Waals surface area contributed by atoms with Crippen molar-refractivity contribution in [1.82, 2.24) is 20.3 Å². The number of furan rings is 1. The van der Waals surface area contributed by atoms with Gasteiger partial charge in [0.1, 0.15) is 22.5 Å².